The Bertz CT molecular complexity index is 290. The third-order valence-corrected chi connectivity index (χ3v) is 2.86. The fraction of sp³-hybridized carbons (Fsp3) is 0.700. The second-order valence-electron chi connectivity index (χ2n) is 3.71. The van der Waals surface area contributed by atoms with E-state index in [-0.39, 0.29) is 6.04 Å². The second kappa shape index (κ2) is 3.50. The fourth-order valence-corrected chi connectivity index (χ4v) is 2.09. The standard InChI is InChI=1S/C10H17N3/c1-2-13-10-6-4-3-5-9(11)8(10)7-12-13/h7,9H,2-6,11H2,1H3. The fourth-order valence-electron chi connectivity index (χ4n) is 2.09. The largest absolute Gasteiger partial charge is 0.324 e. The summed E-state index contributed by atoms with van der Waals surface area (Å²) in [5.74, 6) is 0. The normalized spacial score (nSPS) is 22.5. The molecule has 0 saturated heterocycles. The highest BCUT2D eigenvalue weighted by atomic mass is 15.3. The van der Waals surface area contributed by atoms with Crippen LogP contribution in [0.3, 0.4) is 0 Å². The van der Waals surface area contributed by atoms with E-state index < -0.39 is 0 Å². The van der Waals surface area contributed by atoms with Crippen molar-refractivity contribution in [3.8, 4) is 0 Å². The van der Waals surface area contributed by atoms with Crippen LogP contribution in [0.15, 0.2) is 6.20 Å². The molecule has 0 radical (unpaired) electrons. The van der Waals surface area contributed by atoms with E-state index >= 15 is 0 Å². The lowest BCUT2D eigenvalue weighted by Crippen LogP contribution is -2.10. The smallest absolute Gasteiger partial charge is 0.0540 e. The molecule has 1 atom stereocenters. The summed E-state index contributed by atoms with van der Waals surface area (Å²) < 4.78 is 2.08. The number of aryl methyl sites for hydroxylation is 1. The van der Waals surface area contributed by atoms with Crippen LogP contribution >= 0.6 is 0 Å². The Morgan fingerprint density at radius 3 is 3.23 bits per heavy atom. The molecule has 2 rings (SSSR count). The van der Waals surface area contributed by atoms with Gasteiger partial charge in [0, 0.05) is 23.8 Å². The highest BCUT2D eigenvalue weighted by Gasteiger charge is 2.18. The minimum atomic E-state index is 0.220. The number of nitrogens with zero attached hydrogens (tertiary/aromatic N) is 2. The molecule has 0 amide bonds. The van der Waals surface area contributed by atoms with E-state index in [1.807, 2.05) is 6.20 Å². The van der Waals surface area contributed by atoms with E-state index in [0.717, 1.165) is 19.4 Å². The summed E-state index contributed by atoms with van der Waals surface area (Å²) in [7, 11) is 0. The monoisotopic (exact) mass is 179 g/mol. The Hall–Kier alpha value is -0.830. The molecule has 1 aliphatic rings. The first kappa shape index (κ1) is 8.75. The van der Waals surface area contributed by atoms with Crippen LogP contribution in [0.5, 0.6) is 0 Å². The van der Waals surface area contributed by atoms with Gasteiger partial charge < -0.3 is 5.73 Å². The van der Waals surface area contributed by atoms with Crippen molar-refractivity contribution in [2.45, 2.75) is 45.2 Å². The molecule has 2 N–H and O–H groups in total. The van der Waals surface area contributed by atoms with Gasteiger partial charge in [0.2, 0.25) is 0 Å². The van der Waals surface area contributed by atoms with Crippen molar-refractivity contribution in [3.63, 3.8) is 0 Å². The van der Waals surface area contributed by atoms with Crippen LogP contribution in [0.25, 0.3) is 0 Å². The van der Waals surface area contributed by atoms with Gasteiger partial charge in [-0.2, -0.15) is 5.10 Å². The van der Waals surface area contributed by atoms with Gasteiger partial charge in [-0.05, 0) is 26.2 Å². The van der Waals surface area contributed by atoms with Crippen LogP contribution in [0.1, 0.15) is 43.5 Å². The van der Waals surface area contributed by atoms with Gasteiger partial charge in [0.1, 0.15) is 0 Å². The number of fused-ring (bicyclic) bond motifs is 1. The first-order chi connectivity index (χ1) is 6.33. The Morgan fingerprint density at radius 1 is 1.62 bits per heavy atom. The van der Waals surface area contributed by atoms with Crippen LogP contribution in [-0.4, -0.2) is 9.78 Å². The molecule has 0 aromatic carbocycles. The summed E-state index contributed by atoms with van der Waals surface area (Å²) in [6, 6.07) is 0.220. The molecule has 0 saturated carbocycles. The van der Waals surface area contributed by atoms with E-state index in [0.29, 0.717) is 0 Å². The highest BCUT2D eigenvalue weighted by molar-refractivity contribution is 5.23. The zero-order valence-electron chi connectivity index (χ0n) is 8.16. The van der Waals surface area contributed by atoms with Gasteiger partial charge >= 0.3 is 0 Å². The average molecular weight is 179 g/mol. The zero-order chi connectivity index (χ0) is 9.26. The molecule has 1 aliphatic carbocycles. The average Bonchev–Trinajstić information content (AvgIpc) is 2.47. The third-order valence-electron chi connectivity index (χ3n) is 2.86. The number of rotatable bonds is 1. The van der Waals surface area contributed by atoms with Crippen molar-refractivity contribution in [2.75, 3.05) is 0 Å². The van der Waals surface area contributed by atoms with Crippen molar-refractivity contribution < 1.29 is 0 Å². The molecule has 1 aromatic rings. The molecule has 0 aliphatic heterocycles. The quantitative estimate of drug-likeness (QED) is 0.666. The molecule has 0 spiro atoms. The maximum Gasteiger partial charge on any atom is 0.0540 e. The second-order valence-corrected chi connectivity index (χ2v) is 3.71. The van der Waals surface area contributed by atoms with Crippen molar-refractivity contribution in [2.24, 2.45) is 5.73 Å². The lowest BCUT2D eigenvalue weighted by molar-refractivity contribution is 0.594. The van der Waals surface area contributed by atoms with E-state index in [4.69, 9.17) is 5.73 Å². The van der Waals surface area contributed by atoms with Crippen molar-refractivity contribution in [1.29, 1.82) is 0 Å². The van der Waals surface area contributed by atoms with Gasteiger partial charge in [0.25, 0.3) is 0 Å². The molecule has 3 nitrogen and oxygen atoms in total. The molecular formula is C10H17N3. The summed E-state index contributed by atoms with van der Waals surface area (Å²) >= 11 is 0. The van der Waals surface area contributed by atoms with Crippen LogP contribution in [-0.2, 0) is 13.0 Å². The summed E-state index contributed by atoms with van der Waals surface area (Å²) in [5.41, 5.74) is 8.71. The number of nitrogens with two attached hydrogens (primary N) is 1. The van der Waals surface area contributed by atoms with Gasteiger partial charge in [0.15, 0.2) is 0 Å². The Balaban J connectivity index is 2.38. The zero-order valence-corrected chi connectivity index (χ0v) is 8.16. The SMILES string of the molecule is CCn1ncc2c1CCCCC2N. The molecule has 72 valence electrons. The molecule has 0 fully saturated rings. The first-order valence-corrected chi connectivity index (χ1v) is 5.13. The minimum absolute atomic E-state index is 0.220. The number of hydrogen-bond acceptors (Lipinski definition) is 2. The van der Waals surface area contributed by atoms with Crippen molar-refractivity contribution in [1.82, 2.24) is 9.78 Å². The predicted octanol–water partition coefficient (Wildman–Crippen LogP) is 1.63. The molecule has 1 aromatic heterocycles. The molecule has 1 heterocycles. The van der Waals surface area contributed by atoms with Crippen LogP contribution in [0.4, 0.5) is 0 Å². The minimum Gasteiger partial charge on any atom is -0.324 e. The van der Waals surface area contributed by atoms with Gasteiger partial charge in [0.05, 0.1) is 6.20 Å². The van der Waals surface area contributed by atoms with E-state index in [2.05, 4.69) is 16.7 Å². The van der Waals surface area contributed by atoms with Crippen LogP contribution in [0, 0.1) is 0 Å². The van der Waals surface area contributed by atoms with Gasteiger partial charge in [-0.1, -0.05) is 6.42 Å². The van der Waals surface area contributed by atoms with Gasteiger partial charge in [-0.3, -0.25) is 4.68 Å². The van der Waals surface area contributed by atoms with Gasteiger partial charge in [-0.25, -0.2) is 0 Å². The maximum atomic E-state index is 6.06. The molecular weight excluding hydrogens is 162 g/mol. The molecule has 3 heteroatoms. The number of aromatic nitrogens is 2. The summed E-state index contributed by atoms with van der Waals surface area (Å²) in [6.07, 6.45) is 6.72. The highest BCUT2D eigenvalue weighted by Crippen LogP contribution is 2.26. The van der Waals surface area contributed by atoms with E-state index in [1.165, 1.54) is 24.1 Å². The van der Waals surface area contributed by atoms with E-state index in [9.17, 15) is 0 Å². The third kappa shape index (κ3) is 1.48. The lowest BCUT2D eigenvalue weighted by Gasteiger charge is -2.07. The van der Waals surface area contributed by atoms with Crippen molar-refractivity contribution in [3.05, 3.63) is 17.5 Å². The molecule has 1 unspecified atom stereocenters. The topological polar surface area (TPSA) is 43.8 Å². The summed E-state index contributed by atoms with van der Waals surface area (Å²) in [4.78, 5) is 0. The van der Waals surface area contributed by atoms with Crippen molar-refractivity contribution >= 4 is 0 Å². The summed E-state index contributed by atoms with van der Waals surface area (Å²) in [6.45, 7) is 3.09. The first-order valence-electron chi connectivity index (χ1n) is 5.13. The maximum absolute atomic E-state index is 6.06. The Labute approximate surface area is 78.9 Å². The Kier molecular flexibility index (Phi) is 2.36. The molecule has 13 heavy (non-hydrogen) atoms. The Morgan fingerprint density at radius 2 is 2.46 bits per heavy atom. The summed E-state index contributed by atoms with van der Waals surface area (Å²) in [5, 5.41) is 4.35. The van der Waals surface area contributed by atoms with E-state index in [1.54, 1.807) is 0 Å². The van der Waals surface area contributed by atoms with Gasteiger partial charge in [-0.15, -0.1) is 0 Å². The lowest BCUT2D eigenvalue weighted by atomic mass is 10.1. The van der Waals surface area contributed by atoms with Crippen LogP contribution < -0.4 is 5.73 Å². The number of hydrogen-bond donors (Lipinski definition) is 1. The van der Waals surface area contributed by atoms with Crippen LogP contribution in [0.2, 0.25) is 0 Å². The molecule has 0 bridgehead atoms. The predicted molar refractivity (Wildman–Crippen MR) is 52.4 cm³/mol.